The fraction of sp³-hybridized carbons (Fsp3) is 0.615. The fourth-order valence-corrected chi connectivity index (χ4v) is 1.38. The van der Waals surface area contributed by atoms with Crippen molar-refractivity contribution in [3.8, 4) is 0 Å². The number of ether oxygens (including phenoxy) is 1. The minimum absolute atomic E-state index is 0.854. The molecule has 90 valence electrons. The van der Waals surface area contributed by atoms with Crippen molar-refractivity contribution < 1.29 is 4.74 Å². The van der Waals surface area contributed by atoms with Crippen LogP contribution in [0.4, 0.5) is 0 Å². The first-order valence-corrected chi connectivity index (χ1v) is 6.03. The SMILES string of the molecule is CCCOCCCNCc1ccc(C)nc1. The number of nitrogens with one attached hydrogen (secondary N) is 1. The van der Waals surface area contributed by atoms with Gasteiger partial charge in [-0.2, -0.15) is 0 Å². The average Bonchev–Trinajstić information content (AvgIpc) is 2.30. The first-order valence-electron chi connectivity index (χ1n) is 6.03. The minimum atomic E-state index is 0.854. The molecular formula is C13H22N2O. The van der Waals surface area contributed by atoms with E-state index in [2.05, 4.69) is 23.3 Å². The van der Waals surface area contributed by atoms with Crippen LogP contribution in [0.2, 0.25) is 0 Å². The predicted octanol–water partition coefficient (Wildman–Crippen LogP) is 2.30. The van der Waals surface area contributed by atoms with Crippen LogP contribution in [0, 0.1) is 6.92 Å². The van der Waals surface area contributed by atoms with Crippen molar-refractivity contribution in [2.75, 3.05) is 19.8 Å². The molecule has 0 aliphatic rings. The smallest absolute Gasteiger partial charge is 0.0478 e. The Morgan fingerprint density at radius 1 is 1.31 bits per heavy atom. The second-order valence-electron chi connectivity index (χ2n) is 3.95. The molecule has 1 N–H and O–H groups in total. The summed E-state index contributed by atoms with van der Waals surface area (Å²) in [5.41, 5.74) is 2.30. The summed E-state index contributed by atoms with van der Waals surface area (Å²) in [5, 5.41) is 3.38. The van der Waals surface area contributed by atoms with Gasteiger partial charge in [-0.25, -0.2) is 0 Å². The van der Waals surface area contributed by atoms with Crippen molar-refractivity contribution in [3.63, 3.8) is 0 Å². The molecule has 0 radical (unpaired) electrons. The third-order valence-electron chi connectivity index (χ3n) is 2.29. The third kappa shape index (κ3) is 5.83. The van der Waals surface area contributed by atoms with Crippen LogP contribution in [-0.2, 0) is 11.3 Å². The summed E-state index contributed by atoms with van der Waals surface area (Å²) in [5.74, 6) is 0. The lowest BCUT2D eigenvalue weighted by Crippen LogP contribution is -2.16. The lowest BCUT2D eigenvalue weighted by atomic mass is 10.2. The van der Waals surface area contributed by atoms with Gasteiger partial charge in [0.1, 0.15) is 0 Å². The highest BCUT2D eigenvalue weighted by atomic mass is 16.5. The highest BCUT2D eigenvalue weighted by Gasteiger charge is 1.93. The number of pyridine rings is 1. The van der Waals surface area contributed by atoms with Gasteiger partial charge < -0.3 is 10.1 Å². The molecule has 0 amide bonds. The van der Waals surface area contributed by atoms with Crippen LogP contribution < -0.4 is 5.32 Å². The van der Waals surface area contributed by atoms with Crippen LogP contribution in [0.15, 0.2) is 18.3 Å². The maximum atomic E-state index is 5.40. The van der Waals surface area contributed by atoms with Crippen molar-refractivity contribution in [3.05, 3.63) is 29.6 Å². The summed E-state index contributed by atoms with van der Waals surface area (Å²) in [7, 11) is 0. The van der Waals surface area contributed by atoms with E-state index in [1.54, 1.807) is 0 Å². The fourth-order valence-electron chi connectivity index (χ4n) is 1.38. The Hall–Kier alpha value is -0.930. The maximum absolute atomic E-state index is 5.40. The van der Waals surface area contributed by atoms with E-state index in [-0.39, 0.29) is 0 Å². The summed E-state index contributed by atoms with van der Waals surface area (Å²) in [6, 6.07) is 4.16. The lowest BCUT2D eigenvalue weighted by molar-refractivity contribution is 0.132. The summed E-state index contributed by atoms with van der Waals surface area (Å²) in [6.45, 7) is 7.75. The van der Waals surface area contributed by atoms with E-state index in [9.17, 15) is 0 Å². The molecule has 1 rings (SSSR count). The van der Waals surface area contributed by atoms with Gasteiger partial charge in [0, 0.05) is 31.6 Å². The van der Waals surface area contributed by atoms with Crippen molar-refractivity contribution in [2.45, 2.75) is 33.2 Å². The maximum Gasteiger partial charge on any atom is 0.0478 e. The zero-order chi connectivity index (χ0) is 11.6. The molecule has 0 unspecified atom stereocenters. The Balaban J connectivity index is 2.01. The van der Waals surface area contributed by atoms with Gasteiger partial charge in [-0.05, 0) is 37.9 Å². The van der Waals surface area contributed by atoms with Crippen molar-refractivity contribution >= 4 is 0 Å². The standard InChI is InChI=1S/C13H22N2O/c1-3-8-16-9-4-7-14-10-13-6-5-12(2)15-11-13/h5-6,11,14H,3-4,7-10H2,1-2H3. The highest BCUT2D eigenvalue weighted by Crippen LogP contribution is 1.98. The Morgan fingerprint density at radius 3 is 2.88 bits per heavy atom. The average molecular weight is 222 g/mol. The zero-order valence-corrected chi connectivity index (χ0v) is 10.3. The molecule has 16 heavy (non-hydrogen) atoms. The summed E-state index contributed by atoms with van der Waals surface area (Å²) in [6.07, 6.45) is 4.09. The molecule has 0 aromatic carbocycles. The molecule has 3 heteroatoms. The highest BCUT2D eigenvalue weighted by molar-refractivity contribution is 5.12. The molecule has 0 bridgehead atoms. The molecule has 0 aliphatic heterocycles. The normalized spacial score (nSPS) is 10.6. The van der Waals surface area contributed by atoms with Crippen LogP contribution >= 0.6 is 0 Å². The van der Waals surface area contributed by atoms with Crippen molar-refractivity contribution in [1.29, 1.82) is 0 Å². The van der Waals surface area contributed by atoms with Gasteiger partial charge in [0.25, 0.3) is 0 Å². The van der Waals surface area contributed by atoms with E-state index in [1.165, 1.54) is 5.56 Å². The molecule has 1 heterocycles. The van der Waals surface area contributed by atoms with Gasteiger partial charge in [0.15, 0.2) is 0 Å². The van der Waals surface area contributed by atoms with Gasteiger partial charge in [-0.1, -0.05) is 13.0 Å². The second kappa shape index (κ2) is 8.25. The Kier molecular flexibility index (Phi) is 6.77. The summed E-state index contributed by atoms with van der Waals surface area (Å²) < 4.78 is 5.40. The van der Waals surface area contributed by atoms with E-state index in [1.807, 2.05) is 19.2 Å². The first-order chi connectivity index (χ1) is 7.83. The van der Waals surface area contributed by atoms with Crippen LogP contribution in [-0.4, -0.2) is 24.7 Å². The number of aromatic nitrogens is 1. The lowest BCUT2D eigenvalue weighted by Gasteiger charge is -2.05. The monoisotopic (exact) mass is 222 g/mol. The molecule has 1 aromatic rings. The van der Waals surface area contributed by atoms with Crippen LogP contribution in [0.3, 0.4) is 0 Å². The van der Waals surface area contributed by atoms with Crippen molar-refractivity contribution in [2.24, 2.45) is 0 Å². The van der Waals surface area contributed by atoms with Gasteiger partial charge in [-0.3, -0.25) is 4.98 Å². The zero-order valence-electron chi connectivity index (χ0n) is 10.3. The predicted molar refractivity (Wildman–Crippen MR) is 66.4 cm³/mol. The molecule has 0 saturated heterocycles. The van der Waals surface area contributed by atoms with Gasteiger partial charge in [-0.15, -0.1) is 0 Å². The Labute approximate surface area is 98.2 Å². The van der Waals surface area contributed by atoms with Crippen molar-refractivity contribution in [1.82, 2.24) is 10.3 Å². The van der Waals surface area contributed by atoms with E-state index < -0.39 is 0 Å². The second-order valence-corrected chi connectivity index (χ2v) is 3.95. The van der Waals surface area contributed by atoms with Gasteiger partial charge in [0.2, 0.25) is 0 Å². The largest absolute Gasteiger partial charge is 0.381 e. The number of hydrogen-bond acceptors (Lipinski definition) is 3. The molecule has 0 atom stereocenters. The van der Waals surface area contributed by atoms with Crippen LogP contribution in [0.5, 0.6) is 0 Å². The summed E-state index contributed by atoms with van der Waals surface area (Å²) in [4.78, 5) is 4.25. The molecule has 0 fully saturated rings. The molecule has 1 aromatic heterocycles. The number of nitrogens with zero attached hydrogens (tertiary/aromatic N) is 1. The Bertz CT molecular complexity index is 272. The van der Waals surface area contributed by atoms with Crippen LogP contribution in [0.25, 0.3) is 0 Å². The molecular weight excluding hydrogens is 200 g/mol. The quantitative estimate of drug-likeness (QED) is 0.685. The number of aryl methyl sites for hydroxylation is 1. The van der Waals surface area contributed by atoms with Gasteiger partial charge in [0.05, 0.1) is 0 Å². The molecule has 0 aliphatic carbocycles. The van der Waals surface area contributed by atoms with E-state index in [4.69, 9.17) is 4.74 Å². The minimum Gasteiger partial charge on any atom is -0.381 e. The topological polar surface area (TPSA) is 34.1 Å². The Morgan fingerprint density at radius 2 is 2.19 bits per heavy atom. The molecule has 0 saturated carbocycles. The first kappa shape index (κ1) is 13.1. The van der Waals surface area contributed by atoms with E-state index >= 15 is 0 Å². The van der Waals surface area contributed by atoms with E-state index in [0.29, 0.717) is 0 Å². The van der Waals surface area contributed by atoms with Gasteiger partial charge >= 0.3 is 0 Å². The molecule has 0 spiro atoms. The number of rotatable bonds is 8. The van der Waals surface area contributed by atoms with Crippen LogP contribution in [0.1, 0.15) is 31.0 Å². The molecule has 3 nitrogen and oxygen atoms in total. The number of hydrogen-bond donors (Lipinski definition) is 1. The summed E-state index contributed by atoms with van der Waals surface area (Å²) >= 11 is 0. The van der Waals surface area contributed by atoms with E-state index in [0.717, 1.165) is 44.8 Å². The third-order valence-corrected chi connectivity index (χ3v) is 2.29.